The number of anilines is 1. The summed E-state index contributed by atoms with van der Waals surface area (Å²) in [6.45, 7) is 14.1. The number of hydrogen-bond acceptors (Lipinski definition) is 14. The van der Waals surface area contributed by atoms with Crippen molar-refractivity contribution in [2.24, 2.45) is 28.8 Å². The van der Waals surface area contributed by atoms with Gasteiger partial charge >= 0.3 is 5.79 Å². The summed E-state index contributed by atoms with van der Waals surface area (Å²) < 4.78 is 17.8. The van der Waals surface area contributed by atoms with Gasteiger partial charge in [0.15, 0.2) is 5.75 Å². The number of hydrazone groups is 1. The maximum atomic E-state index is 14.4. The lowest BCUT2D eigenvalue weighted by Crippen LogP contribution is -2.47. The number of hydrogen-bond donors (Lipinski definition) is 7. The number of carbonyl (C=O) groups is 2. The van der Waals surface area contributed by atoms with Gasteiger partial charge in [0.2, 0.25) is 0 Å². The molecule has 5 aliphatic rings. The van der Waals surface area contributed by atoms with Crippen molar-refractivity contribution in [3.05, 3.63) is 52.8 Å². The van der Waals surface area contributed by atoms with Gasteiger partial charge in [-0.3, -0.25) is 19.5 Å². The Bertz CT molecular complexity index is 2070. The summed E-state index contributed by atoms with van der Waals surface area (Å²) in [6.07, 6.45) is 9.71. The highest BCUT2D eigenvalue weighted by Gasteiger charge is 2.50. The van der Waals surface area contributed by atoms with Crippen LogP contribution in [0.5, 0.6) is 23.0 Å². The van der Waals surface area contributed by atoms with Crippen LogP contribution >= 0.6 is 0 Å². The number of Topliss-reactive ketones (excluding diaryl/α,β-unsaturated/α-hetero) is 1. The summed E-state index contributed by atoms with van der Waals surface area (Å²) in [4.78, 5) is 30.7. The van der Waals surface area contributed by atoms with Gasteiger partial charge in [0, 0.05) is 86.4 Å². The van der Waals surface area contributed by atoms with E-state index in [-0.39, 0.29) is 44.5 Å². The van der Waals surface area contributed by atoms with Gasteiger partial charge < -0.3 is 50.2 Å². The maximum absolute atomic E-state index is 14.4. The fraction of sp³-hybridized carbons (Fsp3) is 0.578. The Hall–Kier alpha value is -4.67. The molecule has 1 amide bonds. The second kappa shape index (κ2) is 18.1. The van der Waals surface area contributed by atoms with Crippen LogP contribution < -0.4 is 10.1 Å². The van der Waals surface area contributed by atoms with Gasteiger partial charge in [-0.15, -0.1) is 0 Å². The van der Waals surface area contributed by atoms with E-state index in [1.54, 1.807) is 46.8 Å². The summed E-state index contributed by atoms with van der Waals surface area (Å²) in [7, 11) is 1.45. The summed E-state index contributed by atoms with van der Waals surface area (Å²) >= 11 is 0. The number of amides is 1. The Morgan fingerprint density at radius 2 is 1.50 bits per heavy atom. The van der Waals surface area contributed by atoms with Gasteiger partial charge in [0.1, 0.15) is 17.2 Å². The molecule has 2 aromatic rings. The minimum absolute atomic E-state index is 0.0742. The highest BCUT2D eigenvalue weighted by Crippen LogP contribution is 2.55. The van der Waals surface area contributed by atoms with E-state index in [9.17, 15) is 40.2 Å². The predicted octanol–water partition coefficient (Wildman–Crippen LogP) is 5.08. The van der Waals surface area contributed by atoms with Crippen molar-refractivity contribution < 1.29 is 54.4 Å². The van der Waals surface area contributed by atoms with Crippen LogP contribution in [0.15, 0.2) is 41.2 Å². The molecular formula is C45H62N4O11. The van der Waals surface area contributed by atoms with Crippen molar-refractivity contribution in [2.75, 3.05) is 38.6 Å². The zero-order valence-electron chi connectivity index (χ0n) is 35.9. The lowest BCUT2D eigenvalue weighted by atomic mass is 9.78. The maximum Gasteiger partial charge on any atom is 0.312 e. The number of aliphatic hydroxyl groups is 3. The molecule has 328 valence electrons. The molecule has 1 saturated heterocycles. The van der Waals surface area contributed by atoms with Crippen molar-refractivity contribution in [3.8, 4) is 23.0 Å². The lowest BCUT2D eigenvalue weighted by molar-refractivity contribution is -0.112. The van der Waals surface area contributed by atoms with Crippen LogP contribution in [0.3, 0.4) is 0 Å². The molecule has 15 nitrogen and oxygen atoms in total. The highest BCUT2D eigenvalue weighted by atomic mass is 16.7. The van der Waals surface area contributed by atoms with E-state index in [0.717, 1.165) is 13.1 Å². The number of carbonyl (C=O) groups excluding carboxylic acids is 2. The second-order valence-electron chi connectivity index (χ2n) is 17.2. The summed E-state index contributed by atoms with van der Waals surface area (Å²) in [5.74, 6) is -7.52. The monoisotopic (exact) mass is 834 g/mol. The molecular weight excluding hydrogens is 773 g/mol. The molecule has 9 atom stereocenters. The average Bonchev–Trinajstić information content (AvgIpc) is 3.87. The molecule has 0 radical (unpaired) electrons. The summed E-state index contributed by atoms with van der Waals surface area (Å²) in [5.41, 5.74) is -0.233. The van der Waals surface area contributed by atoms with Crippen molar-refractivity contribution in [2.45, 2.75) is 110 Å². The third-order valence-corrected chi connectivity index (χ3v) is 13.3. The SMILES string of the molecule is CO[C@H]1C=CO[C@@]2(C)Oc3c(C)c(O)c4c(O)c(c(C=NN5CCN(C6CCCC6)CC5)c(O)c4c3C2=O)NC(=O)/C(C)=C\C=C/[C@H](C)[C@H](O)[C@@H](C)[C@@H](O)[C@@H](C)[C@H](O)[C@@H]1C. The molecule has 0 unspecified atom stereocenters. The van der Waals surface area contributed by atoms with Gasteiger partial charge in [-0.05, 0) is 32.8 Å². The number of nitrogens with one attached hydrogen (secondary N) is 1. The van der Waals surface area contributed by atoms with Crippen LogP contribution in [0.1, 0.15) is 88.7 Å². The van der Waals surface area contributed by atoms with Crippen LogP contribution in [0.4, 0.5) is 5.69 Å². The van der Waals surface area contributed by atoms with E-state index >= 15 is 0 Å². The molecule has 4 aliphatic heterocycles. The fourth-order valence-corrected chi connectivity index (χ4v) is 9.08. The number of fused-ring (bicyclic) bond motifs is 14. The first-order chi connectivity index (χ1) is 28.4. The quantitative estimate of drug-likeness (QED) is 0.122. The molecule has 1 saturated carbocycles. The number of nitrogens with zero attached hydrogens (tertiary/aromatic N) is 3. The number of benzene rings is 2. The molecule has 0 spiro atoms. The van der Waals surface area contributed by atoms with Crippen LogP contribution in [0, 0.1) is 30.6 Å². The number of rotatable bonds is 4. The van der Waals surface area contributed by atoms with E-state index in [1.165, 1.54) is 71.3 Å². The van der Waals surface area contributed by atoms with Gasteiger partial charge in [0.25, 0.3) is 11.7 Å². The number of aliphatic hydroxyl groups excluding tert-OH is 3. The lowest BCUT2D eigenvalue weighted by Gasteiger charge is -2.36. The minimum Gasteiger partial charge on any atom is -0.507 e. The van der Waals surface area contributed by atoms with E-state index < -0.39 is 82.8 Å². The minimum atomic E-state index is -2.01. The van der Waals surface area contributed by atoms with Crippen LogP contribution in [-0.4, -0.2) is 128 Å². The molecule has 7 rings (SSSR count). The van der Waals surface area contributed by atoms with Crippen molar-refractivity contribution >= 4 is 34.4 Å². The molecule has 4 heterocycles. The normalized spacial score (nSPS) is 33.0. The Kier molecular flexibility index (Phi) is 13.6. The van der Waals surface area contributed by atoms with E-state index in [2.05, 4.69) is 15.3 Å². The molecule has 5 bridgehead atoms. The summed E-state index contributed by atoms with van der Waals surface area (Å²) in [6, 6.07) is 0.561. The number of phenols is 3. The number of piperazine rings is 1. The number of ketones is 1. The Balaban J connectivity index is 1.46. The van der Waals surface area contributed by atoms with E-state index in [0.29, 0.717) is 19.1 Å². The van der Waals surface area contributed by atoms with Crippen molar-refractivity contribution in [1.82, 2.24) is 9.91 Å². The van der Waals surface area contributed by atoms with Crippen LogP contribution in [0.2, 0.25) is 0 Å². The first-order valence-corrected chi connectivity index (χ1v) is 21.0. The molecule has 1 aliphatic carbocycles. The molecule has 2 fully saturated rings. The van der Waals surface area contributed by atoms with E-state index in [1.807, 2.05) is 5.01 Å². The second-order valence-corrected chi connectivity index (χ2v) is 17.2. The number of ether oxygens (including phenoxy) is 3. The van der Waals surface area contributed by atoms with Gasteiger partial charge in [-0.1, -0.05) is 58.8 Å². The van der Waals surface area contributed by atoms with E-state index in [4.69, 9.17) is 14.2 Å². The number of aromatic hydroxyl groups is 3. The average molecular weight is 835 g/mol. The Labute approximate surface area is 351 Å². The zero-order valence-corrected chi connectivity index (χ0v) is 35.9. The third kappa shape index (κ3) is 8.47. The summed E-state index contributed by atoms with van der Waals surface area (Å²) in [5, 5.41) is 78.4. The Morgan fingerprint density at radius 1 is 0.867 bits per heavy atom. The Morgan fingerprint density at radius 3 is 2.15 bits per heavy atom. The van der Waals surface area contributed by atoms with Crippen molar-refractivity contribution in [1.29, 1.82) is 0 Å². The molecule has 60 heavy (non-hydrogen) atoms. The van der Waals surface area contributed by atoms with Crippen molar-refractivity contribution in [3.63, 3.8) is 0 Å². The smallest absolute Gasteiger partial charge is 0.312 e. The van der Waals surface area contributed by atoms with Crippen LogP contribution in [0.25, 0.3) is 10.8 Å². The molecule has 0 aromatic heterocycles. The molecule has 7 N–H and O–H groups in total. The topological polar surface area (TPSA) is 214 Å². The first-order valence-electron chi connectivity index (χ1n) is 21.0. The molecule has 2 aromatic carbocycles. The number of phenolic OH excluding ortho intramolecular Hbond substituents is 3. The zero-order chi connectivity index (χ0) is 43.8. The molecule has 15 heteroatoms. The standard InChI is InChI=1S/C45H62N4O11/c1-23-12-11-13-24(2)44(57)47-35-30(22-46-49-19-17-48(18-20-49)29-14-9-10-15-29)40(54)32-33(41(35)55)39(53)28(6)42-34(32)43(56)45(7,60-42)59-21-16-31(58-8)25(3)37(51)27(5)38(52)26(4)36(23)50/h11-13,16,21-23,25-27,29,31,36-38,50-55H,9-10,14-15,17-20H2,1-8H3,(H,47,57)/b12-11-,21-16?,24-13-,46-22?/t23-,25+,26+,27-,31-,36-,37+,38+,45-/m0/s1. The number of methoxy groups -OCH3 is 1. The third-order valence-electron chi connectivity index (χ3n) is 13.3. The first kappa shape index (κ1) is 44.9. The predicted molar refractivity (Wildman–Crippen MR) is 227 cm³/mol. The number of allylic oxidation sites excluding steroid dienone is 2. The van der Waals surface area contributed by atoms with Gasteiger partial charge in [0.05, 0.1) is 59.1 Å². The largest absolute Gasteiger partial charge is 0.507 e. The highest BCUT2D eigenvalue weighted by molar-refractivity contribution is 6.23. The van der Waals surface area contributed by atoms with Crippen LogP contribution in [-0.2, 0) is 14.3 Å². The van der Waals surface area contributed by atoms with Gasteiger partial charge in [-0.2, -0.15) is 5.10 Å². The van der Waals surface area contributed by atoms with Gasteiger partial charge in [-0.25, -0.2) is 0 Å². The fourth-order valence-electron chi connectivity index (χ4n) is 9.08.